The number of rotatable bonds is 6. The van der Waals surface area contributed by atoms with Crippen LogP contribution in [0, 0.1) is 5.82 Å². The van der Waals surface area contributed by atoms with Crippen LogP contribution in [0.5, 0.6) is 0 Å². The van der Waals surface area contributed by atoms with Crippen molar-refractivity contribution in [3.05, 3.63) is 34.6 Å². The monoisotopic (exact) mass is 299 g/mol. The third-order valence-electron chi connectivity index (χ3n) is 2.46. The summed E-state index contributed by atoms with van der Waals surface area (Å²) in [7, 11) is 1.62. The molecule has 0 aliphatic carbocycles. The molecule has 0 bridgehead atoms. The van der Waals surface area contributed by atoms with E-state index in [9.17, 15) is 17.6 Å². The first-order chi connectivity index (χ1) is 8.81. The van der Waals surface area contributed by atoms with Gasteiger partial charge in [-0.05, 0) is 31.2 Å². The summed E-state index contributed by atoms with van der Waals surface area (Å²) in [5.41, 5.74) is 0.723. The third kappa shape index (κ3) is 6.22. The van der Waals surface area contributed by atoms with E-state index in [-0.39, 0.29) is 17.7 Å². The van der Waals surface area contributed by atoms with Crippen LogP contribution in [0.1, 0.15) is 5.56 Å². The molecule has 0 amide bonds. The van der Waals surface area contributed by atoms with E-state index >= 15 is 0 Å². The van der Waals surface area contributed by atoms with Crippen molar-refractivity contribution in [1.82, 2.24) is 5.32 Å². The molecule has 0 spiro atoms. The van der Waals surface area contributed by atoms with Gasteiger partial charge in [-0.2, -0.15) is 13.2 Å². The Morgan fingerprint density at radius 3 is 2.58 bits per heavy atom. The van der Waals surface area contributed by atoms with Crippen molar-refractivity contribution in [1.29, 1.82) is 0 Å². The number of likely N-dealkylation sites (N-methyl/N-ethyl adjacent to an activating group) is 1. The zero-order valence-corrected chi connectivity index (χ0v) is 11.0. The minimum atomic E-state index is -4.34. The number of alkyl halides is 3. The molecule has 1 atom stereocenters. The number of ether oxygens (including phenoxy) is 1. The molecule has 0 aromatic heterocycles. The highest BCUT2D eigenvalue weighted by atomic mass is 35.5. The summed E-state index contributed by atoms with van der Waals surface area (Å²) in [5, 5.41) is 2.83. The molecule has 0 radical (unpaired) electrons. The van der Waals surface area contributed by atoms with Gasteiger partial charge in [0.25, 0.3) is 0 Å². The van der Waals surface area contributed by atoms with Crippen LogP contribution in [0.3, 0.4) is 0 Å². The third-order valence-corrected chi connectivity index (χ3v) is 2.75. The Hall–Kier alpha value is -0.850. The van der Waals surface area contributed by atoms with E-state index in [1.165, 1.54) is 18.2 Å². The summed E-state index contributed by atoms with van der Waals surface area (Å²) in [6.45, 7) is -1.37. The van der Waals surface area contributed by atoms with E-state index in [0.717, 1.165) is 5.56 Å². The van der Waals surface area contributed by atoms with Crippen molar-refractivity contribution in [3.63, 3.8) is 0 Å². The maximum absolute atomic E-state index is 13.0. The fraction of sp³-hybridized carbons (Fsp3) is 0.500. The Labute approximate surface area is 113 Å². The van der Waals surface area contributed by atoms with Crippen molar-refractivity contribution in [2.45, 2.75) is 18.6 Å². The molecule has 1 rings (SSSR count). The molecule has 108 valence electrons. The summed E-state index contributed by atoms with van der Waals surface area (Å²) in [4.78, 5) is 0. The van der Waals surface area contributed by atoms with Crippen molar-refractivity contribution < 1.29 is 22.3 Å². The number of halogens is 5. The van der Waals surface area contributed by atoms with Crippen LogP contribution in [0.2, 0.25) is 5.02 Å². The standard InChI is InChI=1S/C12H14ClF4NO/c1-18-9(6-19-7-12(15,16)17)4-8-2-3-11(14)10(13)5-8/h2-3,5,9,18H,4,6-7H2,1H3. The van der Waals surface area contributed by atoms with Crippen LogP contribution in [-0.4, -0.2) is 32.5 Å². The summed E-state index contributed by atoms with van der Waals surface area (Å²) >= 11 is 5.63. The van der Waals surface area contributed by atoms with Gasteiger partial charge in [0.05, 0.1) is 11.6 Å². The smallest absolute Gasteiger partial charge is 0.370 e. The molecule has 0 aliphatic rings. The van der Waals surface area contributed by atoms with E-state index in [1.54, 1.807) is 7.05 Å². The normalized spacial score (nSPS) is 13.6. The predicted octanol–water partition coefficient (Wildman–Crippen LogP) is 3.19. The van der Waals surface area contributed by atoms with Gasteiger partial charge in [0.15, 0.2) is 0 Å². The number of hydrogen-bond donors (Lipinski definition) is 1. The Balaban J connectivity index is 2.49. The lowest BCUT2D eigenvalue weighted by Gasteiger charge is -2.17. The average molecular weight is 300 g/mol. The lowest BCUT2D eigenvalue weighted by Crippen LogP contribution is -2.34. The highest BCUT2D eigenvalue weighted by Crippen LogP contribution is 2.18. The first kappa shape index (κ1) is 16.2. The molecule has 0 saturated carbocycles. The lowest BCUT2D eigenvalue weighted by atomic mass is 10.1. The van der Waals surface area contributed by atoms with Crippen molar-refractivity contribution >= 4 is 11.6 Å². The SMILES string of the molecule is CNC(COCC(F)(F)F)Cc1ccc(F)c(Cl)c1. The molecule has 19 heavy (non-hydrogen) atoms. The van der Waals surface area contributed by atoms with Gasteiger partial charge in [0.2, 0.25) is 0 Å². The molecular formula is C12H14ClF4NO. The second-order valence-corrected chi connectivity index (χ2v) is 4.48. The van der Waals surface area contributed by atoms with Crippen LogP contribution in [0.4, 0.5) is 17.6 Å². The second-order valence-electron chi connectivity index (χ2n) is 4.07. The summed E-state index contributed by atoms with van der Waals surface area (Å²) in [5.74, 6) is -0.528. The van der Waals surface area contributed by atoms with Crippen molar-refractivity contribution in [3.8, 4) is 0 Å². The van der Waals surface area contributed by atoms with Crippen LogP contribution in [0.15, 0.2) is 18.2 Å². The fourth-order valence-corrected chi connectivity index (χ4v) is 1.72. The number of benzene rings is 1. The Morgan fingerprint density at radius 1 is 1.37 bits per heavy atom. The molecule has 0 fully saturated rings. The van der Waals surface area contributed by atoms with E-state index in [1.807, 2.05) is 0 Å². The number of nitrogens with one attached hydrogen (secondary N) is 1. The van der Waals surface area contributed by atoms with Gasteiger partial charge in [-0.3, -0.25) is 0 Å². The Kier molecular flexibility index (Phi) is 6.03. The topological polar surface area (TPSA) is 21.3 Å². The predicted molar refractivity (Wildman–Crippen MR) is 64.8 cm³/mol. The van der Waals surface area contributed by atoms with Gasteiger partial charge < -0.3 is 10.1 Å². The van der Waals surface area contributed by atoms with Gasteiger partial charge in [-0.25, -0.2) is 4.39 Å². The maximum Gasteiger partial charge on any atom is 0.411 e. The zero-order valence-electron chi connectivity index (χ0n) is 10.2. The van der Waals surface area contributed by atoms with E-state index < -0.39 is 18.6 Å². The highest BCUT2D eigenvalue weighted by molar-refractivity contribution is 6.30. The molecule has 2 nitrogen and oxygen atoms in total. The Bertz CT molecular complexity index is 411. The van der Waals surface area contributed by atoms with Crippen LogP contribution in [0.25, 0.3) is 0 Å². The van der Waals surface area contributed by atoms with E-state index in [2.05, 4.69) is 10.1 Å². The molecule has 1 aromatic carbocycles. The van der Waals surface area contributed by atoms with Crippen molar-refractivity contribution in [2.75, 3.05) is 20.3 Å². The van der Waals surface area contributed by atoms with Crippen LogP contribution >= 0.6 is 11.6 Å². The van der Waals surface area contributed by atoms with E-state index in [4.69, 9.17) is 11.6 Å². The fourth-order valence-electron chi connectivity index (χ4n) is 1.51. The lowest BCUT2D eigenvalue weighted by molar-refractivity contribution is -0.175. The van der Waals surface area contributed by atoms with E-state index in [0.29, 0.717) is 6.42 Å². The summed E-state index contributed by atoms with van der Waals surface area (Å²) < 4.78 is 53.3. The van der Waals surface area contributed by atoms with Gasteiger partial charge in [-0.15, -0.1) is 0 Å². The van der Waals surface area contributed by atoms with Crippen LogP contribution < -0.4 is 5.32 Å². The molecule has 0 heterocycles. The molecule has 1 unspecified atom stereocenters. The molecule has 0 aliphatic heterocycles. The van der Waals surface area contributed by atoms with Crippen molar-refractivity contribution in [2.24, 2.45) is 0 Å². The molecule has 1 aromatic rings. The molecule has 7 heteroatoms. The molecule has 1 N–H and O–H groups in total. The molecular weight excluding hydrogens is 286 g/mol. The largest absolute Gasteiger partial charge is 0.411 e. The Morgan fingerprint density at radius 2 is 2.05 bits per heavy atom. The zero-order chi connectivity index (χ0) is 14.5. The second kappa shape index (κ2) is 7.07. The first-order valence-corrected chi connectivity index (χ1v) is 5.95. The average Bonchev–Trinajstić information content (AvgIpc) is 2.31. The summed E-state index contributed by atoms with van der Waals surface area (Å²) in [6, 6.07) is 3.91. The highest BCUT2D eigenvalue weighted by Gasteiger charge is 2.27. The molecule has 0 saturated heterocycles. The summed E-state index contributed by atoms with van der Waals surface area (Å²) in [6.07, 6.45) is -3.94. The van der Waals surface area contributed by atoms with Gasteiger partial charge in [-0.1, -0.05) is 17.7 Å². The minimum absolute atomic E-state index is 0.0106. The maximum atomic E-state index is 13.0. The van der Waals surface area contributed by atoms with Gasteiger partial charge in [0.1, 0.15) is 12.4 Å². The number of hydrogen-bond acceptors (Lipinski definition) is 2. The van der Waals surface area contributed by atoms with Crippen LogP contribution in [-0.2, 0) is 11.2 Å². The van der Waals surface area contributed by atoms with Gasteiger partial charge in [0, 0.05) is 6.04 Å². The quantitative estimate of drug-likeness (QED) is 0.815. The minimum Gasteiger partial charge on any atom is -0.370 e. The van der Waals surface area contributed by atoms with Gasteiger partial charge >= 0.3 is 6.18 Å². The first-order valence-electron chi connectivity index (χ1n) is 5.57.